The summed E-state index contributed by atoms with van der Waals surface area (Å²) in [6, 6.07) is 6.63. The summed E-state index contributed by atoms with van der Waals surface area (Å²) in [6.45, 7) is 4.26. The Kier molecular flexibility index (Phi) is 5.87. The fraction of sp³-hybridized carbons (Fsp3) is 0.200. The second-order valence-corrected chi connectivity index (χ2v) is 8.02. The van der Waals surface area contributed by atoms with Gasteiger partial charge in [0.15, 0.2) is 9.90 Å². The summed E-state index contributed by atoms with van der Waals surface area (Å²) < 4.78 is 2.33. The highest BCUT2D eigenvalue weighted by Gasteiger charge is 2.34. The lowest BCUT2D eigenvalue weighted by Crippen LogP contribution is -2.32. The second-order valence-electron chi connectivity index (χ2n) is 6.77. The molecule has 0 saturated heterocycles. The van der Waals surface area contributed by atoms with Crippen LogP contribution >= 0.6 is 23.6 Å². The first-order valence-corrected chi connectivity index (χ1v) is 10.7. The number of carbonyl (C=O) groups is 3. The Morgan fingerprint density at radius 2 is 1.97 bits per heavy atom. The highest BCUT2D eigenvalue weighted by molar-refractivity contribution is 7.71. The topological polar surface area (TPSA) is 113 Å². The van der Waals surface area contributed by atoms with E-state index in [2.05, 4.69) is 27.1 Å². The Balaban J connectivity index is 1.34. The number of amides is 3. The summed E-state index contributed by atoms with van der Waals surface area (Å²) in [5.74, 6) is -0.360. The van der Waals surface area contributed by atoms with Crippen molar-refractivity contribution >= 4 is 46.4 Å². The van der Waals surface area contributed by atoms with Crippen molar-refractivity contribution in [3.8, 4) is 0 Å². The third kappa shape index (κ3) is 4.23. The van der Waals surface area contributed by atoms with Crippen molar-refractivity contribution in [3.05, 3.63) is 69.7 Å². The zero-order valence-electron chi connectivity index (χ0n) is 16.3. The van der Waals surface area contributed by atoms with Gasteiger partial charge in [-0.15, -0.1) is 17.9 Å². The molecule has 3 aromatic rings. The summed E-state index contributed by atoms with van der Waals surface area (Å²) in [4.78, 5) is 42.6. The lowest BCUT2D eigenvalue weighted by molar-refractivity contribution is -0.116. The van der Waals surface area contributed by atoms with Crippen LogP contribution in [-0.4, -0.2) is 48.9 Å². The molecule has 1 aliphatic heterocycles. The van der Waals surface area contributed by atoms with Crippen LogP contribution in [0.25, 0.3) is 0 Å². The molecule has 1 aliphatic rings. The first-order chi connectivity index (χ1) is 15.0. The minimum atomic E-state index is -0.377. The minimum absolute atomic E-state index is 0.00679. The van der Waals surface area contributed by atoms with Gasteiger partial charge in [0.25, 0.3) is 11.8 Å². The fourth-order valence-electron chi connectivity index (χ4n) is 3.25. The van der Waals surface area contributed by atoms with Gasteiger partial charge in [0, 0.05) is 24.9 Å². The standard InChI is InChI=1S/C20H18N6O3S2/c1-2-8-25-15(23-24-20(25)30)10-12-11-31-19(21-12)22-16(27)7-9-26-17(28)13-5-3-4-6-14(13)18(26)29/h2-6,11H,1,7-10H2,(H,24,30)(H,21,22,27). The molecule has 0 fully saturated rings. The first kappa shape index (κ1) is 20.8. The molecule has 9 nitrogen and oxygen atoms in total. The number of imide groups is 1. The molecular formula is C20H18N6O3S2. The van der Waals surface area contributed by atoms with E-state index in [1.54, 1.807) is 30.3 Å². The number of anilines is 1. The van der Waals surface area contributed by atoms with Gasteiger partial charge >= 0.3 is 0 Å². The predicted octanol–water partition coefficient (Wildman–Crippen LogP) is 2.80. The highest BCUT2D eigenvalue weighted by Crippen LogP contribution is 2.23. The van der Waals surface area contributed by atoms with Gasteiger partial charge in [-0.25, -0.2) is 4.98 Å². The SMILES string of the molecule is C=CCn1c(Cc2csc(NC(=O)CCN3C(=O)c4ccccc4C3=O)n2)n[nH]c1=S. The van der Waals surface area contributed by atoms with E-state index in [9.17, 15) is 14.4 Å². The molecule has 0 aliphatic carbocycles. The van der Waals surface area contributed by atoms with Gasteiger partial charge < -0.3 is 5.32 Å². The van der Waals surface area contributed by atoms with Gasteiger partial charge in [0.05, 0.1) is 23.2 Å². The average Bonchev–Trinajstić information content (AvgIpc) is 3.41. The largest absolute Gasteiger partial charge is 0.302 e. The normalized spacial score (nSPS) is 12.8. The van der Waals surface area contributed by atoms with Gasteiger partial charge in [-0.1, -0.05) is 18.2 Å². The van der Waals surface area contributed by atoms with E-state index < -0.39 is 0 Å². The Morgan fingerprint density at radius 3 is 2.65 bits per heavy atom. The number of H-pyrrole nitrogens is 1. The van der Waals surface area contributed by atoms with Crippen molar-refractivity contribution in [3.63, 3.8) is 0 Å². The molecule has 0 atom stereocenters. The van der Waals surface area contributed by atoms with Gasteiger partial charge in [-0.2, -0.15) is 5.10 Å². The van der Waals surface area contributed by atoms with Gasteiger partial charge in [0.2, 0.25) is 5.91 Å². The molecule has 2 aromatic heterocycles. The zero-order chi connectivity index (χ0) is 22.0. The number of rotatable bonds is 8. The Bertz CT molecular complexity index is 1210. The van der Waals surface area contributed by atoms with Crippen LogP contribution in [0.15, 0.2) is 42.3 Å². The smallest absolute Gasteiger partial charge is 0.261 e. The minimum Gasteiger partial charge on any atom is -0.302 e. The number of nitrogens with one attached hydrogen (secondary N) is 2. The highest BCUT2D eigenvalue weighted by atomic mass is 32.1. The Labute approximate surface area is 186 Å². The molecule has 158 valence electrons. The number of hydrogen-bond donors (Lipinski definition) is 2. The number of benzene rings is 1. The van der Waals surface area contributed by atoms with Crippen LogP contribution in [0.2, 0.25) is 0 Å². The van der Waals surface area contributed by atoms with Crippen molar-refractivity contribution < 1.29 is 14.4 Å². The summed E-state index contributed by atoms with van der Waals surface area (Å²) in [7, 11) is 0. The number of nitrogens with zero attached hydrogens (tertiary/aromatic N) is 4. The summed E-state index contributed by atoms with van der Waals surface area (Å²) in [5, 5.41) is 11.9. The van der Waals surface area contributed by atoms with Crippen LogP contribution < -0.4 is 5.32 Å². The van der Waals surface area contributed by atoms with Gasteiger partial charge in [-0.05, 0) is 24.4 Å². The molecule has 0 bridgehead atoms. The second kappa shape index (κ2) is 8.74. The maximum absolute atomic E-state index is 12.4. The van der Waals surface area contributed by atoms with Crippen LogP contribution in [0.1, 0.15) is 38.7 Å². The molecular weight excluding hydrogens is 436 g/mol. The monoisotopic (exact) mass is 454 g/mol. The third-order valence-corrected chi connectivity index (χ3v) is 5.85. The van der Waals surface area contributed by atoms with E-state index >= 15 is 0 Å². The summed E-state index contributed by atoms with van der Waals surface area (Å²) >= 11 is 6.49. The third-order valence-electron chi connectivity index (χ3n) is 4.73. The van der Waals surface area contributed by atoms with E-state index in [0.29, 0.717) is 34.0 Å². The lowest BCUT2D eigenvalue weighted by atomic mass is 10.1. The first-order valence-electron chi connectivity index (χ1n) is 9.42. The van der Waals surface area contributed by atoms with E-state index in [1.807, 2.05) is 9.95 Å². The molecule has 3 amide bonds. The van der Waals surface area contributed by atoms with Crippen LogP contribution in [-0.2, 0) is 17.8 Å². The van der Waals surface area contributed by atoms with Crippen LogP contribution in [0.4, 0.5) is 5.13 Å². The van der Waals surface area contributed by atoms with Crippen LogP contribution in [0.3, 0.4) is 0 Å². The van der Waals surface area contributed by atoms with E-state index in [0.717, 1.165) is 16.4 Å². The van der Waals surface area contributed by atoms with Crippen molar-refractivity contribution in [1.82, 2.24) is 24.6 Å². The van der Waals surface area contributed by atoms with E-state index in [1.165, 1.54) is 11.3 Å². The molecule has 31 heavy (non-hydrogen) atoms. The number of carbonyl (C=O) groups excluding carboxylic acids is 3. The Hall–Kier alpha value is -3.44. The maximum Gasteiger partial charge on any atom is 0.261 e. The average molecular weight is 455 g/mol. The fourth-order valence-corrected chi connectivity index (χ4v) is 4.20. The number of aromatic nitrogens is 4. The maximum atomic E-state index is 12.4. The summed E-state index contributed by atoms with van der Waals surface area (Å²) in [5.41, 5.74) is 1.47. The van der Waals surface area contributed by atoms with Gasteiger partial charge in [0.1, 0.15) is 5.82 Å². The molecule has 0 radical (unpaired) electrons. The van der Waals surface area contributed by atoms with E-state index in [-0.39, 0.29) is 30.7 Å². The number of hydrogen-bond acceptors (Lipinski definition) is 7. The molecule has 2 N–H and O–H groups in total. The van der Waals surface area contributed by atoms with Gasteiger partial charge in [-0.3, -0.25) is 28.9 Å². The number of aromatic amines is 1. The number of allylic oxidation sites excluding steroid dienone is 1. The van der Waals surface area contributed by atoms with Crippen LogP contribution in [0, 0.1) is 4.77 Å². The zero-order valence-corrected chi connectivity index (χ0v) is 18.0. The molecule has 4 rings (SSSR count). The van der Waals surface area contributed by atoms with Crippen molar-refractivity contribution in [2.24, 2.45) is 0 Å². The molecule has 0 spiro atoms. The van der Waals surface area contributed by atoms with Crippen molar-refractivity contribution in [1.29, 1.82) is 0 Å². The summed E-state index contributed by atoms with van der Waals surface area (Å²) in [6.07, 6.45) is 2.16. The van der Waals surface area contributed by atoms with Crippen LogP contribution in [0.5, 0.6) is 0 Å². The molecule has 11 heteroatoms. The molecule has 1 aromatic carbocycles. The Morgan fingerprint density at radius 1 is 1.26 bits per heavy atom. The predicted molar refractivity (Wildman–Crippen MR) is 118 cm³/mol. The number of thiazole rings is 1. The molecule has 0 unspecified atom stereocenters. The number of fused-ring (bicyclic) bond motifs is 1. The van der Waals surface area contributed by atoms with Crippen molar-refractivity contribution in [2.75, 3.05) is 11.9 Å². The van der Waals surface area contributed by atoms with E-state index in [4.69, 9.17) is 12.2 Å². The quantitative estimate of drug-likeness (QED) is 0.307. The molecule has 0 saturated carbocycles. The lowest BCUT2D eigenvalue weighted by Gasteiger charge is -2.12. The molecule has 3 heterocycles. The van der Waals surface area contributed by atoms with Crippen molar-refractivity contribution in [2.45, 2.75) is 19.4 Å².